The molecular formula is C12H20N2. The van der Waals surface area contributed by atoms with Crippen LogP contribution >= 0.6 is 0 Å². The maximum Gasteiger partial charge on any atom is 0.0580 e. The second kappa shape index (κ2) is 3.91. The van der Waals surface area contributed by atoms with Gasteiger partial charge in [-0.05, 0) is 45.4 Å². The molecular weight excluding hydrogens is 172 g/mol. The molecule has 1 aromatic rings. The summed E-state index contributed by atoms with van der Waals surface area (Å²) in [5.41, 5.74) is 3.68. The molecule has 0 heterocycles. The van der Waals surface area contributed by atoms with Crippen LogP contribution in [0, 0.1) is 6.92 Å². The molecule has 0 spiro atoms. The molecule has 0 atom stereocenters. The van der Waals surface area contributed by atoms with E-state index in [0.29, 0.717) is 0 Å². The number of hydrogen-bond donors (Lipinski definition) is 2. The predicted octanol–water partition coefficient (Wildman–Crippen LogP) is 3.25. The molecule has 0 aliphatic heterocycles. The molecule has 0 saturated carbocycles. The minimum atomic E-state index is 0.0981. The average molecular weight is 192 g/mol. The van der Waals surface area contributed by atoms with E-state index in [-0.39, 0.29) is 5.54 Å². The average Bonchev–Trinajstić information content (AvgIpc) is 2.06. The lowest BCUT2D eigenvalue weighted by atomic mass is 10.1. The number of nitrogens with one attached hydrogen (secondary N) is 2. The van der Waals surface area contributed by atoms with Gasteiger partial charge in [-0.3, -0.25) is 0 Å². The maximum absolute atomic E-state index is 3.47. The number of rotatable bonds is 2. The van der Waals surface area contributed by atoms with Crippen LogP contribution in [0.5, 0.6) is 0 Å². The van der Waals surface area contributed by atoms with Crippen LogP contribution < -0.4 is 10.6 Å². The smallest absolute Gasteiger partial charge is 0.0580 e. The minimum absolute atomic E-state index is 0.0981. The van der Waals surface area contributed by atoms with E-state index in [1.54, 1.807) is 0 Å². The second-order valence-corrected chi connectivity index (χ2v) is 4.67. The standard InChI is InChI=1S/C12H20N2/c1-9-6-7-10(11(8-9)13-5)14-12(2,3)4/h6-8,13-14H,1-5H3. The summed E-state index contributed by atoms with van der Waals surface area (Å²) in [7, 11) is 1.95. The third-order valence-corrected chi connectivity index (χ3v) is 1.95. The Morgan fingerprint density at radius 3 is 2.21 bits per heavy atom. The van der Waals surface area contributed by atoms with Crippen molar-refractivity contribution in [3.05, 3.63) is 23.8 Å². The SMILES string of the molecule is CNc1cc(C)ccc1NC(C)(C)C. The zero-order valence-corrected chi connectivity index (χ0v) is 9.73. The molecule has 2 N–H and O–H groups in total. The van der Waals surface area contributed by atoms with E-state index in [1.807, 2.05) is 7.05 Å². The summed E-state index contributed by atoms with van der Waals surface area (Å²) in [5, 5.41) is 6.66. The first-order chi connectivity index (χ1) is 6.42. The number of hydrogen-bond acceptors (Lipinski definition) is 2. The Morgan fingerprint density at radius 2 is 1.71 bits per heavy atom. The molecule has 0 radical (unpaired) electrons. The van der Waals surface area contributed by atoms with Crippen LogP contribution in [0.4, 0.5) is 11.4 Å². The minimum Gasteiger partial charge on any atom is -0.386 e. The quantitative estimate of drug-likeness (QED) is 0.751. The molecule has 0 aromatic heterocycles. The molecule has 0 unspecified atom stereocenters. The third kappa shape index (κ3) is 2.95. The summed E-state index contributed by atoms with van der Waals surface area (Å²) in [4.78, 5) is 0. The molecule has 14 heavy (non-hydrogen) atoms. The summed E-state index contributed by atoms with van der Waals surface area (Å²) in [5.74, 6) is 0. The fraction of sp³-hybridized carbons (Fsp3) is 0.500. The molecule has 0 amide bonds. The highest BCUT2D eigenvalue weighted by molar-refractivity contribution is 5.70. The summed E-state index contributed by atoms with van der Waals surface area (Å²) < 4.78 is 0. The summed E-state index contributed by atoms with van der Waals surface area (Å²) in [6.45, 7) is 8.58. The van der Waals surface area contributed by atoms with Gasteiger partial charge in [0.25, 0.3) is 0 Å². The fourth-order valence-electron chi connectivity index (χ4n) is 1.38. The van der Waals surface area contributed by atoms with E-state index < -0.39 is 0 Å². The number of anilines is 2. The van der Waals surface area contributed by atoms with E-state index in [0.717, 1.165) is 11.4 Å². The van der Waals surface area contributed by atoms with Gasteiger partial charge >= 0.3 is 0 Å². The Kier molecular flexibility index (Phi) is 3.04. The van der Waals surface area contributed by atoms with E-state index in [4.69, 9.17) is 0 Å². The Balaban J connectivity index is 2.97. The second-order valence-electron chi connectivity index (χ2n) is 4.67. The molecule has 0 bridgehead atoms. The summed E-state index contributed by atoms with van der Waals surface area (Å²) in [6, 6.07) is 6.38. The van der Waals surface area contributed by atoms with Crippen LogP contribution in [-0.2, 0) is 0 Å². The van der Waals surface area contributed by atoms with Gasteiger partial charge in [0.1, 0.15) is 0 Å². The lowest BCUT2D eigenvalue weighted by Gasteiger charge is -2.24. The van der Waals surface area contributed by atoms with Crippen LogP contribution in [0.2, 0.25) is 0 Å². The van der Waals surface area contributed by atoms with Crippen molar-refractivity contribution in [1.29, 1.82) is 0 Å². The van der Waals surface area contributed by atoms with Crippen LogP contribution in [0.15, 0.2) is 18.2 Å². The van der Waals surface area contributed by atoms with Crippen molar-refractivity contribution < 1.29 is 0 Å². The Morgan fingerprint density at radius 1 is 1.07 bits per heavy atom. The van der Waals surface area contributed by atoms with Gasteiger partial charge in [-0.2, -0.15) is 0 Å². The zero-order chi connectivity index (χ0) is 10.8. The Bertz CT molecular complexity index is 311. The number of aryl methyl sites for hydroxylation is 1. The topological polar surface area (TPSA) is 24.1 Å². The van der Waals surface area contributed by atoms with Crippen molar-refractivity contribution in [3.63, 3.8) is 0 Å². The van der Waals surface area contributed by atoms with Gasteiger partial charge in [0.05, 0.1) is 11.4 Å². The van der Waals surface area contributed by atoms with E-state index >= 15 is 0 Å². The molecule has 0 aliphatic rings. The molecule has 2 heteroatoms. The van der Waals surface area contributed by atoms with Gasteiger partial charge in [-0.1, -0.05) is 6.07 Å². The van der Waals surface area contributed by atoms with Gasteiger partial charge in [0.2, 0.25) is 0 Å². The first kappa shape index (κ1) is 10.9. The lowest BCUT2D eigenvalue weighted by Crippen LogP contribution is -2.26. The summed E-state index contributed by atoms with van der Waals surface area (Å²) in [6.07, 6.45) is 0. The molecule has 78 valence electrons. The van der Waals surface area contributed by atoms with Crippen LogP contribution in [-0.4, -0.2) is 12.6 Å². The van der Waals surface area contributed by atoms with E-state index in [2.05, 4.69) is 56.5 Å². The Hall–Kier alpha value is -1.18. The monoisotopic (exact) mass is 192 g/mol. The van der Waals surface area contributed by atoms with Gasteiger partial charge in [-0.25, -0.2) is 0 Å². The van der Waals surface area contributed by atoms with Gasteiger partial charge < -0.3 is 10.6 Å². The van der Waals surface area contributed by atoms with Crippen molar-refractivity contribution >= 4 is 11.4 Å². The number of benzene rings is 1. The molecule has 1 aromatic carbocycles. The fourth-order valence-corrected chi connectivity index (χ4v) is 1.38. The van der Waals surface area contributed by atoms with Crippen molar-refractivity contribution in [2.75, 3.05) is 17.7 Å². The maximum atomic E-state index is 3.47. The highest BCUT2D eigenvalue weighted by Crippen LogP contribution is 2.25. The van der Waals surface area contributed by atoms with Crippen LogP contribution in [0.1, 0.15) is 26.3 Å². The Labute approximate surface area is 86.7 Å². The van der Waals surface area contributed by atoms with Gasteiger partial charge in [-0.15, -0.1) is 0 Å². The third-order valence-electron chi connectivity index (χ3n) is 1.95. The van der Waals surface area contributed by atoms with Crippen LogP contribution in [0.25, 0.3) is 0 Å². The highest BCUT2D eigenvalue weighted by atomic mass is 15.0. The van der Waals surface area contributed by atoms with Gasteiger partial charge in [0, 0.05) is 12.6 Å². The molecule has 1 rings (SSSR count). The molecule has 0 aliphatic carbocycles. The molecule has 0 fully saturated rings. The highest BCUT2D eigenvalue weighted by Gasteiger charge is 2.11. The normalized spacial score (nSPS) is 11.2. The van der Waals surface area contributed by atoms with Crippen molar-refractivity contribution in [1.82, 2.24) is 0 Å². The first-order valence-corrected chi connectivity index (χ1v) is 4.99. The van der Waals surface area contributed by atoms with Crippen molar-refractivity contribution in [3.8, 4) is 0 Å². The largest absolute Gasteiger partial charge is 0.386 e. The molecule has 2 nitrogen and oxygen atoms in total. The summed E-state index contributed by atoms with van der Waals surface area (Å²) >= 11 is 0. The predicted molar refractivity (Wildman–Crippen MR) is 64.1 cm³/mol. The van der Waals surface area contributed by atoms with Gasteiger partial charge in [0.15, 0.2) is 0 Å². The molecule has 0 saturated heterocycles. The van der Waals surface area contributed by atoms with E-state index in [9.17, 15) is 0 Å². The zero-order valence-electron chi connectivity index (χ0n) is 9.73. The van der Waals surface area contributed by atoms with Crippen molar-refractivity contribution in [2.45, 2.75) is 33.2 Å². The lowest BCUT2D eigenvalue weighted by molar-refractivity contribution is 0.634. The first-order valence-electron chi connectivity index (χ1n) is 4.99. The van der Waals surface area contributed by atoms with Crippen LogP contribution in [0.3, 0.4) is 0 Å². The van der Waals surface area contributed by atoms with Crippen molar-refractivity contribution in [2.24, 2.45) is 0 Å². The van der Waals surface area contributed by atoms with E-state index in [1.165, 1.54) is 5.56 Å².